The second-order valence-electron chi connectivity index (χ2n) is 6.28. The van der Waals surface area contributed by atoms with Crippen molar-refractivity contribution < 1.29 is 18.7 Å². The minimum Gasteiger partial charge on any atom is -0.497 e. The molecule has 0 unspecified atom stereocenters. The number of hydrogen-bond donors (Lipinski definition) is 1. The predicted molar refractivity (Wildman–Crippen MR) is 98.6 cm³/mol. The van der Waals surface area contributed by atoms with Gasteiger partial charge in [0.15, 0.2) is 0 Å². The van der Waals surface area contributed by atoms with Crippen molar-refractivity contribution in [2.45, 2.75) is 6.54 Å². The lowest BCUT2D eigenvalue weighted by molar-refractivity contribution is -0.117. The SMILES string of the molecule is COc1cc(NC(=O)CN2CCN(Cc3ccco3)CC2)cc(OC)c1. The number of benzene rings is 1. The molecule has 1 saturated heterocycles. The quantitative estimate of drug-likeness (QED) is 0.816. The summed E-state index contributed by atoms with van der Waals surface area (Å²) in [5.74, 6) is 2.22. The lowest BCUT2D eigenvalue weighted by Gasteiger charge is -2.33. The van der Waals surface area contributed by atoms with Crippen molar-refractivity contribution in [2.24, 2.45) is 0 Å². The Labute approximate surface area is 153 Å². The van der Waals surface area contributed by atoms with Crippen LogP contribution >= 0.6 is 0 Å². The van der Waals surface area contributed by atoms with Gasteiger partial charge in [0.1, 0.15) is 17.3 Å². The van der Waals surface area contributed by atoms with Gasteiger partial charge in [0.25, 0.3) is 0 Å². The first kappa shape index (κ1) is 18.3. The summed E-state index contributed by atoms with van der Waals surface area (Å²) in [6, 6.07) is 9.23. The number of hydrogen-bond acceptors (Lipinski definition) is 6. The average Bonchev–Trinajstić information content (AvgIpc) is 3.16. The minimum atomic E-state index is -0.0419. The highest BCUT2D eigenvalue weighted by Gasteiger charge is 2.19. The molecule has 0 atom stereocenters. The molecule has 1 aromatic carbocycles. The lowest BCUT2D eigenvalue weighted by atomic mass is 10.2. The molecular weight excluding hydrogens is 334 g/mol. The normalized spacial score (nSPS) is 15.6. The predicted octanol–water partition coefficient (Wildman–Crippen LogP) is 2.05. The summed E-state index contributed by atoms with van der Waals surface area (Å²) in [4.78, 5) is 16.8. The van der Waals surface area contributed by atoms with Crippen LogP contribution in [0, 0.1) is 0 Å². The molecule has 7 heteroatoms. The Bertz CT molecular complexity index is 687. The third-order valence-electron chi connectivity index (χ3n) is 4.43. The first-order valence-electron chi connectivity index (χ1n) is 8.66. The Morgan fingerprint density at radius 2 is 1.73 bits per heavy atom. The highest BCUT2D eigenvalue weighted by molar-refractivity contribution is 5.92. The molecule has 1 aromatic heterocycles. The molecule has 2 heterocycles. The standard InChI is InChI=1S/C19H25N3O4/c1-24-17-10-15(11-18(12-17)25-2)20-19(23)14-22-7-5-21(6-8-22)13-16-4-3-9-26-16/h3-4,9-12H,5-8,13-14H2,1-2H3,(H,20,23). The van der Waals surface area contributed by atoms with Gasteiger partial charge in [-0.05, 0) is 12.1 Å². The van der Waals surface area contributed by atoms with Crippen molar-refractivity contribution in [1.29, 1.82) is 0 Å². The molecule has 0 bridgehead atoms. The summed E-state index contributed by atoms with van der Waals surface area (Å²) in [6.07, 6.45) is 1.70. The zero-order valence-corrected chi connectivity index (χ0v) is 15.2. The maximum Gasteiger partial charge on any atom is 0.238 e. The molecule has 1 aliphatic heterocycles. The van der Waals surface area contributed by atoms with Gasteiger partial charge in [0.2, 0.25) is 5.91 Å². The molecule has 0 radical (unpaired) electrons. The van der Waals surface area contributed by atoms with Crippen molar-refractivity contribution in [3.05, 3.63) is 42.4 Å². The van der Waals surface area contributed by atoms with Gasteiger partial charge in [-0.25, -0.2) is 0 Å². The van der Waals surface area contributed by atoms with Crippen LogP contribution in [-0.2, 0) is 11.3 Å². The number of methoxy groups -OCH3 is 2. The first-order valence-corrected chi connectivity index (χ1v) is 8.66. The van der Waals surface area contributed by atoms with Crippen molar-refractivity contribution >= 4 is 11.6 Å². The Hall–Kier alpha value is -2.51. The van der Waals surface area contributed by atoms with E-state index in [1.165, 1.54) is 0 Å². The van der Waals surface area contributed by atoms with Crippen LogP contribution in [0.2, 0.25) is 0 Å². The molecule has 2 aromatic rings. The van der Waals surface area contributed by atoms with E-state index in [0.29, 0.717) is 23.7 Å². The van der Waals surface area contributed by atoms with Gasteiger partial charge in [-0.2, -0.15) is 0 Å². The van der Waals surface area contributed by atoms with E-state index >= 15 is 0 Å². The number of piperazine rings is 1. The number of nitrogens with zero attached hydrogens (tertiary/aromatic N) is 2. The molecule has 1 fully saturated rings. The van der Waals surface area contributed by atoms with E-state index in [0.717, 1.165) is 38.5 Å². The fraction of sp³-hybridized carbons (Fsp3) is 0.421. The molecule has 0 spiro atoms. The zero-order valence-electron chi connectivity index (χ0n) is 15.2. The maximum atomic E-state index is 12.4. The van der Waals surface area contributed by atoms with Gasteiger partial charge in [-0.15, -0.1) is 0 Å². The minimum absolute atomic E-state index is 0.0419. The largest absolute Gasteiger partial charge is 0.497 e. The summed E-state index contributed by atoms with van der Waals surface area (Å²) in [7, 11) is 3.17. The van der Waals surface area contributed by atoms with E-state index in [2.05, 4.69) is 15.1 Å². The number of carbonyl (C=O) groups is 1. The van der Waals surface area contributed by atoms with Crippen molar-refractivity contribution in [2.75, 3.05) is 52.3 Å². The van der Waals surface area contributed by atoms with Crippen LogP contribution in [0.4, 0.5) is 5.69 Å². The van der Waals surface area contributed by atoms with Crippen LogP contribution in [-0.4, -0.2) is 62.7 Å². The van der Waals surface area contributed by atoms with Crippen molar-refractivity contribution in [3.8, 4) is 11.5 Å². The second-order valence-corrected chi connectivity index (χ2v) is 6.28. The fourth-order valence-electron chi connectivity index (χ4n) is 3.01. The number of anilines is 1. The third kappa shape index (κ3) is 5.00. The van der Waals surface area contributed by atoms with Crippen LogP contribution in [0.15, 0.2) is 41.0 Å². The van der Waals surface area contributed by atoms with Crippen LogP contribution in [0.1, 0.15) is 5.76 Å². The molecule has 0 aliphatic carbocycles. The monoisotopic (exact) mass is 359 g/mol. The number of amides is 1. The van der Waals surface area contributed by atoms with Crippen LogP contribution in [0.25, 0.3) is 0 Å². The lowest BCUT2D eigenvalue weighted by Crippen LogP contribution is -2.48. The first-order chi connectivity index (χ1) is 12.7. The molecule has 26 heavy (non-hydrogen) atoms. The van der Waals surface area contributed by atoms with E-state index in [1.54, 1.807) is 38.7 Å². The van der Waals surface area contributed by atoms with Crippen molar-refractivity contribution in [3.63, 3.8) is 0 Å². The highest BCUT2D eigenvalue weighted by Crippen LogP contribution is 2.25. The second kappa shape index (κ2) is 8.73. The van der Waals surface area contributed by atoms with Crippen LogP contribution in [0.3, 0.4) is 0 Å². The zero-order chi connectivity index (χ0) is 18.4. The van der Waals surface area contributed by atoms with Gasteiger partial charge >= 0.3 is 0 Å². The number of carbonyl (C=O) groups excluding carboxylic acids is 1. The molecule has 0 saturated carbocycles. The number of ether oxygens (including phenoxy) is 2. The van der Waals surface area contributed by atoms with Crippen molar-refractivity contribution in [1.82, 2.24) is 9.80 Å². The summed E-state index contributed by atoms with van der Waals surface area (Å²) >= 11 is 0. The van der Waals surface area contributed by atoms with Gasteiger partial charge in [0.05, 0.1) is 33.6 Å². The van der Waals surface area contributed by atoms with Crippen LogP contribution in [0.5, 0.6) is 11.5 Å². The summed E-state index contributed by atoms with van der Waals surface area (Å²) in [5.41, 5.74) is 0.669. The molecule has 1 N–H and O–H groups in total. The highest BCUT2D eigenvalue weighted by atomic mass is 16.5. The van der Waals surface area contributed by atoms with E-state index in [4.69, 9.17) is 13.9 Å². The van der Waals surface area contributed by atoms with E-state index < -0.39 is 0 Å². The summed E-state index contributed by atoms with van der Waals surface area (Å²) in [5, 5.41) is 2.92. The molecule has 3 rings (SSSR count). The number of furan rings is 1. The van der Waals surface area contributed by atoms with Gasteiger partial charge in [0, 0.05) is 50.1 Å². The molecule has 1 aliphatic rings. The molecular formula is C19H25N3O4. The van der Waals surface area contributed by atoms with E-state index in [1.807, 2.05) is 12.1 Å². The van der Waals surface area contributed by atoms with Gasteiger partial charge in [-0.1, -0.05) is 0 Å². The fourth-order valence-corrected chi connectivity index (χ4v) is 3.01. The maximum absolute atomic E-state index is 12.4. The summed E-state index contributed by atoms with van der Waals surface area (Å²) < 4.78 is 15.8. The van der Waals surface area contributed by atoms with Gasteiger partial charge in [-0.3, -0.25) is 14.6 Å². The Morgan fingerprint density at radius 3 is 2.31 bits per heavy atom. The molecule has 7 nitrogen and oxygen atoms in total. The van der Waals surface area contributed by atoms with E-state index in [-0.39, 0.29) is 5.91 Å². The number of rotatable bonds is 7. The topological polar surface area (TPSA) is 67.2 Å². The van der Waals surface area contributed by atoms with Gasteiger partial charge < -0.3 is 19.2 Å². The molecule has 1 amide bonds. The van der Waals surface area contributed by atoms with E-state index in [9.17, 15) is 4.79 Å². The number of nitrogens with one attached hydrogen (secondary N) is 1. The van der Waals surface area contributed by atoms with Crippen LogP contribution < -0.4 is 14.8 Å². The Kier molecular flexibility index (Phi) is 6.14. The Morgan fingerprint density at radius 1 is 1.08 bits per heavy atom. The smallest absolute Gasteiger partial charge is 0.238 e. The summed E-state index contributed by atoms with van der Waals surface area (Å²) in [6.45, 7) is 4.73. The Balaban J connectivity index is 1.47. The molecule has 140 valence electrons. The average molecular weight is 359 g/mol. The third-order valence-corrected chi connectivity index (χ3v) is 4.43.